The lowest BCUT2D eigenvalue weighted by molar-refractivity contribution is 0.395. The molecule has 1 heterocycles. The van der Waals surface area contributed by atoms with Crippen LogP contribution in [0, 0.1) is 13.8 Å². The molecule has 0 aliphatic heterocycles. The minimum absolute atomic E-state index is 0.178. The Hall–Kier alpha value is -0.590. The molecule has 1 saturated carbocycles. The van der Waals surface area contributed by atoms with Crippen molar-refractivity contribution in [2.75, 3.05) is 12.4 Å². The van der Waals surface area contributed by atoms with Gasteiger partial charge in [0, 0.05) is 18.5 Å². The summed E-state index contributed by atoms with van der Waals surface area (Å²) in [7, 11) is -3.46. The van der Waals surface area contributed by atoms with E-state index >= 15 is 0 Å². The number of hydrogen-bond acceptors (Lipinski definition) is 3. The SMILES string of the molecule is CCCCN(C1CC1)S(=O)(=O)c1c(C)nn(CCCl)c1C. The Morgan fingerprint density at radius 3 is 2.57 bits per heavy atom. The molecule has 1 fully saturated rings. The molecule has 0 amide bonds. The quantitative estimate of drug-likeness (QED) is 0.687. The summed E-state index contributed by atoms with van der Waals surface area (Å²) in [4.78, 5) is 0.371. The van der Waals surface area contributed by atoms with Crippen molar-refractivity contribution in [2.45, 2.75) is 63.9 Å². The molecule has 0 radical (unpaired) electrons. The molecule has 0 bridgehead atoms. The number of hydrogen-bond donors (Lipinski definition) is 0. The van der Waals surface area contributed by atoms with Crippen LogP contribution in [0.2, 0.25) is 0 Å². The van der Waals surface area contributed by atoms with E-state index in [1.807, 2.05) is 6.92 Å². The Bertz CT molecular complexity index is 594. The van der Waals surface area contributed by atoms with E-state index in [1.54, 1.807) is 15.9 Å². The topological polar surface area (TPSA) is 55.2 Å². The van der Waals surface area contributed by atoms with Crippen LogP contribution in [0.4, 0.5) is 0 Å². The summed E-state index contributed by atoms with van der Waals surface area (Å²) in [5, 5.41) is 4.34. The zero-order valence-corrected chi connectivity index (χ0v) is 14.5. The van der Waals surface area contributed by atoms with Gasteiger partial charge < -0.3 is 0 Å². The second kappa shape index (κ2) is 6.67. The molecule has 2 rings (SSSR count). The summed E-state index contributed by atoms with van der Waals surface area (Å²) in [6, 6.07) is 0.178. The van der Waals surface area contributed by atoms with Gasteiger partial charge in [-0.2, -0.15) is 9.40 Å². The standard InChI is InChI=1S/C14H24ClN3O2S/c1-4-5-9-18(13-6-7-13)21(19,20)14-11(2)16-17(10-8-15)12(14)3/h13H,4-10H2,1-3H3. The summed E-state index contributed by atoms with van der Waals surface area (Å²) in [5.41, 5.74) is 1.26. The van der Waals surface area contributed by atoms with Gasteiger partial charge in [0.05, 0.1) is 17.9 Å². The fraction of sp³-hybridized carbons (Fsp3) is 0.786. The molecule has 21 heavy (non-hydrogen) atoms. The van der Waals surface area contributed by atoms with Crippen molar-refractivity contribution < 1.29 is 8.42 Å². The van der Waals surface area contributed by atoms with E-state index in [-0.39, 0.29) is 6.04 Å². The molecular formula is C14H24ClN3O2S. The second-order valence-corrected chi connectivity index (χ2v) is 7.82. The van der Waals surface area contributed by atoms with E-state index in [2.05, 4.69) is 12.0 Å². The molecule has 0 saturated heterocycles. The third kappa shape index (κ3) is 3.43. The van der Waals surface area contributed by atoms with E-state index < -0.39 is 10.0 Å². The van der Waals surface area contributed by atoms with Gasteiger partial charge in [0.1, 0.15) is 4.90 Å². The third-order valence-corrected chi connectivity index (χ3v) is 6.24. The number of halogens is 1. The number of rotatable bonds is 8. The van der Waals surface area contributed by atoms with Crippen LogP contribution in [0.15, 0.2) is 4.90 Å². The predicted octanol–water partition coefficient (Wildman–Crippen LogP) is 2.69. The smallest absolute Gasteiger partial charge is 0.246 e. The van der Waals surface area contributed by atoms with Gasteiger partial charge in [0.15, 0.2) is 0 Å². The summed E-state index contributed by atoms with van der Waals surface area (Å²) in [6.45, 7) is 6.78. The fourth-order valence-electron chi connectivity index (χ4n) is 2.64. The summed E-state index contributed by atoms with van der Waals surface area (Å²) in [6.07, 6.45) is 3.82. The van der Waals surface area contributed by atoms with Crippen molar-refractivity contribution in [3.63, 3.8) is 0 Å². The van der Waals surface area contributed by atoms with Crippen LogP contribution in [-0.4, -0.2) is 41.0 Å². The molecule has 1 aliphatic rings. The number of unbranched alkanes of at least 4 members (excludes halogenated alkanes) is 1. The van der Waals surface area contributed by atoms with Gasteiger partial charge in [-0.1, -0.05) is 13.3 Å². The maximum Gasteiger partial charge on any atom is 0.246 e. The first-order valence-corrected chi connectivity index (χ1v) is 9.52. The molecular weight excluding hydrogens is 310 g/mol. The first kappa shape index (κ1) is 16.8. The highest BCUT2D eigenvalue weighted by molar-refractivity contribution is 7.89. The van der Waals surface area contributed by atoms with Crippen molar-refractivity contribution in [2.24, 2.45) is 0 Å². The van der Waals surface area contributed by atoms with Gasteiger partial charge in [-0.15, -0.1) is 11.6 Å². The summed E-state index contributed by atoms with van der Waals surface area (Å²) >= 11 is 5.75. The minimum atomic E-state index is -3.46. The molecule has 0 atom stereocenters. The van der Waals surface area contributed by atoms with Crippen LogP contribution in [-0.2, 0) is 16.6 Å². The first-order chi connectivity index (χ1) is 9.93. The number of sulfonamides is 1. The lowest BCUT2D eigenvalue weighted by Crippen LogP contribution is -2.34. The normalized spacial score (nSPS) is 15.9. The second-order valence-electron chi connectivity index (χ2n) is 5.61. The average Bonchev–Trinajstić information content (AvgIpc) is 3.18. The van der Waals surface area contributed by atoms with E-state index in [0.717, 1.165) is 25.7 Å². The summed E-state index contributed by atoms with van der Waals surface area (Å²) < 4.78 is 29.4. The largest absolute Gasteiger partial charge is 0.267 e. The number of nitrogens with zero attached hydrogens (tertiary/aromatic N) is 3. The van der Waals surface area contributed by atoms with Gasteiger partial charge in [0.25, 0.3) is 0 Å². The Morgan fingerprint density at radius 2 is 2.05 bits per heavy atom. The highest BCUT2D eigenvalue weighted by atomic mass is 35.5. The van der Waals surface area contributed by atoms with Crippen LogP contribution in [0.3, 0.4) is 0 Å². The van der Waals surface area contributed by atoms with Gasteiger partial charge in [-0.25, -0.2) is 8.42 Å². The number of alkyl halides is 1. The molecule has 120 valence electrons. The maximum atomic E-state index is 13.0. The molecule has 1 aliphatic carbocycles. The number of aromatic nitrogens is 2. The monoisotopic (exact) mass is 333 g/mol. The van der Waals surface area contributed by atoms with Crippen molar-refractivity contribution in [1.29, 1.82) is 0 Å². The molecule has 5 nitrogen and oxygen atoms in total. The van der Waals surface area contributed by atoms with E-state index in [4.69, 9.17) is 11.6 Å². The molecule has 0 unspecified atom stereocenters. The molecule has 7 heteroatoms. The van der Waals surface area contributed by atoms with Crippen LogP contribution in [0.25, 0.3) is 0 Å². The molecule has 1 aromatic heterocycles. The third-order valence-electron chi connectivity index (χ3n) is 3.86. The Morgan fingerprint density at radius 1 is 1.38 bits per heavy atom. The lowest BCUT2D eigenvalue weighted by atomic mass is 10.3. The number of aryl methyl sites for hydroxylation is 2. The van der Waals surface area contributed by atoms with E-state index in [1.165, 1.54) is 0 Å². The van der Waals surface area contributed by atoms with Crippen LogP contribution < -0.4 is 0 Å². The van der Waals surface area contributed by atoms with Crippen LogP contribution >= 0.6 is 11.6 Å². The minimum Gasteiger partial charge on any atom is -0.267 e. The van der Waals surface area contributed by atoms with Crippen LogP contribution in [0.1, 0.15) is 44.0 Å². The van der Waals surface area contributed by atoms with Crippen molar-refractivity contribution in [1.82, 2.24) is 14.1 Å². The molecule has 0 N–H and O–H groups in total. The zero-order valence-electron chi connectivity index (χ0n) is 13.0. The van der Waals surface area contributed by atoms with E-state index in [0.29, 0.717) is 35.3 Å². The van der Waals surface area contributed by atoms with Crippen molar-refractivity contribution in [3.05, 3.63) is 11.4 Å². The van der Waals surface area contributed by atoms with Crippen LogP contribution in [0.5, 0.6) is 0 Å². The first-order valence-electron chi connectivity index (χ1n) is 7.55. The van der Waals surface area contributed by atoms with Crippen molar-refractivity contribution in [3.8, 4) is 0 Å². The van der Waals surface area contributed by atoms with Gasteiger partial charge in [-0.3, -0.25) is 4.68 Å². The highest BCUT2D eigenvalue weighted by Gasteiger charge is 2.40. The predicted molar refractivity (Wildman–Crippen MR) is 84.2 cm³/mol. The lowest BCUT2D eigenvalue weighted by Gasteiger charge is -2.21. The average molecular weight is 334 g/mol. The fourth-order valence-corrected chi connectivity index (χ4v) is 4.90. The van der Waals surface area contributed by atoms with E-state index in [9.17, 15) is 8.42 Å². The van der Waals surface area contributed by atoms with Gasteiger partial charge in [-0.05, 0) is 33.1 Å². The van der Waals surface area contributed by atoms with Gasteiger partial charge >= 0.3 is 0 Å². The van der Waals surface area contributed by atoms with Gasteiger partial charge in [0.2, 0.25) is 10.0 Å². The Balaban J connectivity index is 2.37. The maximum absolute atomic E-state index is 13.0. The highest BCUT2D eigenvalue weighted by Crippen LogP contribution is 2.34. The molecule has 1 aromatic rings. The summed E-state index contributed by atoms with van der Waals surface area (Å²) in [5.74, 6) is 0.420. The Labute approximate surface area is 132 Å². The molecule has 0 aromatic carbocycles. The zero-order chi connectivity index (χ0) is 15.6. The molecule has 0 spiro atoms. The van der Waals surface area contributed by atoms with Crippen molar-refractivity contribution >= 4 is 21.6 Å². The Kier molecular flexibility index (Phi) is 5.33.